The number of rotatable bonds is 3. The summed E-state index contributed by atoms with van der Waals surface area (Å²) in [6.45, 7) is 3.07. The van der Waals surface area contributed by atoms with Crippen molar-refractivity contribution in [3.8, 4) is 0 Å². The molecule has 1 saturated heterocycles. The predicted molar refractivity (Wildman–Crippen MR) is 79.8 cm³/mol. The van der Waals surface area contributed by atoms with Gasteiger partial charge in [-0.15, -0.1) is 0 Å². The zero-order valence-corrected chi connectivity index (χ0v) is 11.8. The minimum absolute atomic E-state index is 0.0614. The summed E-state index contributed by atoms with van der Waals surface area (Å²) in [4.78, 5) is 23.0. The first-order valence-electron chi connectivity index (χ1n) is 6.94. The van der Waals surface area contributed by atoms with E-state index in [-0.39, 0.29) is 11.5 Å². The van der Waals surface area contributed by atoms with Crippen molar-refractivity contribution >= 4 is 17.5 Å². The molecule has 1 aliphatic heterocycles. The number of piperazine rings is 1. The fraction of sp³-hybridized carbons (Fsp3) is 0.267. The molecule has 6 nitrogen and oxygen atoms in total. The first-order valence-corrected chi connectivity index (χ1v) is 6.94. The fourth-order valence-electron chi connectivity index (χ4n) is 2.44. The Labute approximate surface area is 126 Å². The van der Waals surface area contributed by atoms with Crippen LogP contribution < -0.4 is 9.80 Å². The Morgan fingerprint density at radius 3 is 2.18 bits per heavy atom. The highest BCUT2D eigenvalue weighted by Gasteiger charge is 2.19. The number of halogens is 1. The van der Waals surface area contributed by atoms with Gasteiger partial charge in [0.1, 0.15) is 11.6 Å². The second-order valence-electron chi connectivity index (χ2n) is 5.02. The molecule has 0 bridgehead atoms. The number of anilines is 2. The van der Waals surface area contributed by atoms with Gasteiger partial charge in [0.25, 0.3) is 0 Å². The summed E-state index contributed by atoms with van der Waals surface area (Å²) in [6, 6.07) is 6.45. The van der Waals surface area contributed by atoms with Crippen LogP contribution in [0.25, 0.3) is 0 Å². The molecule has 3 rings (SSSR count). The normalized spacial score (nSPS) is 15.0. The zero-order valence-electron chi connectivity index (χ0n) is 11.8. The Morgan fingerprint density at radius 1 is 1.00 bits per heavy atom. The van der Waals surface area contributed by atoms with Crippen molar-refractivity contribution in [3.05, 3.63) is 48.2 Å². The second kappa shape index (κ2) is 5.97. The largest absolute Gasteiger partial charge is 0.476 e. The van der Waals surface area contributed by atoms with Crippen LogP contribution in [0.5, 0.6) is 0 Å². The molecule has 7 heteroatoms. The molecule has 1 aromatic carbocycles. The highest BCUT2D eigenvalue weighted by molar-refractivity contribution is 5.84. The lowest BCUT2D eigenvalue weighted by Gasteiger charge is -2.36. The van der Waals surface area contributed by atoms with E-state index >= 15 is 0 Å². The number of carbonyl (C=O) groups is 1. The van der Waals surface area contributed by atoms with Crippen molar-refractivity contribution in [2.45, 2.75) is 0 Å². The third-order valence-corrected chi connectivity index (χ3v) is 3.65. The standard InChI is InChI=1S/C15H15FN4O2/c16-11-1-3-12(4-2-11)19-5-7-20(8-6-19)14-10-17-13(9-18-14)15(21)22/h1-4,9-10H,5-8H2,(H,21,22). The summed E-state index contributed by atoms with van der Waals surface area (Å²) < 4.78 is 12.9. The quantitative estimate of drug-likeness (QED) is 0.929. The first kappa shape index (κ1) is 14.2. The highest BCUT2D eigenvalue weighted by Crippen LogP contribution is 2.19. The van der Waals surface area contributed by atoms with Gasteiger partial charge in [0.2, 0.25) is 0 Å². The van der Waals surface area contributed by atoms with Crippen LogP contribution in [0.15, 0.2) is 36.7 Å². The number of carboxylic acid groups (broad SMARTS) is 1. The van der Waals surface area contributed by atoms with Crippen LogP contribution in [0, 0.1) is 5.82 Å². The van der Waals surface area contributed by atoms with Crippen molar-refractivity contribution in [1.29, 1.82) is 0 Å². The third kappa shape index (κ3) is 2.98. The summed E-state index contributed by atoms with van der Waals surface area (Å²) in [6.07, 6.45) is 2.75. The highest BCUT2D eigenvalue weighted by atomic mass is 19.1. The Balaban J connectivity index is 1.63. The maximum Gasteiger partial charge on any atom is 0.356 e. The van der Waals surface area contributed by atoms with Crippen LogP contribution in [-0.2, 0) is 0 Å². The van der Waals surface area contributed by atoms with E-state index < -0.39 is 5.97 Å². The minimum atomic E-state index is -1.08. The van der Waals surface area contributed by atoms with E-state index in [2.05, 4.69) is 19.8 Å². The topological polar surface area (TPSA) is 69.6 Å². The van der Waals surface area contributed by atoms with Crippen LogP contribution >= 0.6 is 0 Å². The average molecular weight is 302 g/mol. The Hall–Kier alpha value is -2.70. The van der Waals surface area contributed by atoms with Crippen molar-refractivity contribution in [1.82, 2.24) is 9.97 Å². The van der Waals surface area contributed by atoms with E-state index in [1.54, 1.807) is 12.1 Å². The van der Waals surface area contributed by atoms with E-state index in [1.165, 1.54) is 24.5 Å². The monoisotopic (exact) mass is 302 g/mol. The molecule has 0 saturated carbocycles. The van der Waals surface area contributed by atoms with E-state index in [0.29, 0.717) is 5.82 Å². The molecule has 114 valence electrons. The fourth-order valence-corrected chi connectivity index (χ4v) is 2.44. The summed E-state index contributed by atoms with van der Waals surface area (Å²) in [5, 5.41) is 8.82. The zero-order chi connectivity index (χ0) is 15.5. The molecule has 0 aliphatic carbocycles. The van der Waals surface area contributed by atoms with Gasteiger partial charge in [-0.25, -0.2) is 19.2 Å². The maximum absolute atomic E-state index is 12.9. The Morgan fingerprint density at radius 2 is 1.64 bits per heavy atom. The first-order chi connectivity index (χ1) is 10.6. The van der Waals surface area contributed by atoms with Crippen LogP contribution in [0.2, 0.25) is 0 Å². The molecule has 1 fully saturated rings. The molecular weight excluding hydrogens is 287 g/mol. The summed E-state index contributed by atoms with van der Waals surface area (Å²) in [5.41, 5.74) is 0.932. The number of nitrogens with zero attached hydrogens (tertiary/aromatic N) is 4. The van der Waals surface area contributed by atoms with Gasteiger partial charge >= 0.3 is 5.97 Å². The maximum atomic E-state index is 12.9. The van der Waals surface area contributed by atoms with Gasteiger partial charge in [-0.2, -0.15) is 0 Å². The van der Waals surface area contributed by atoms with Gasteiger partial charge in [0.05, 0.1) is 12.4 Å². The average Bonchev–Trinajstić information content (AvgIpc) is 2.56. The molecule has 2 aromatic rings. The number of carboxylic acids is 1. The van der Waals surface area contributed by atoms with Crippen molar-refractivity contribution in [3.63, 3.8) is 0 Å². The SMILES string of the molecule is O=C(O)c1cnc(N2CCN(c3ccc(F)cc3)CC2)cn1. The molecule has 0 spiro atoms. The van der Waals surface area contributed by atoms with Gasteiger partial charge in [-0.3, -0.25) is 0 Å². The van der Waals surface area contributed by atoms with Crippen LogP contribution in [-0.4, -0.2) is 47.2 Å². The van der Waals surface area contributed by atoms with Crippen molar-refractivity contribution < 1.29 is 14.3 Å². The molecular formula is C15H15FN4O2. The number of hydrogen-bond acceptors (Lipinski definition) is 5. The lowest BCUT2D eigenvalue weighted by Crippen LogP contribution is -2.46. The minimum Gasteiger partial charge on any atom is -0.476 e. The molecule has 1 aromatic heterocycles. The second-order valence-corrected chi connectivity index (χ2v) is 5.02. The molecule has 1 N–H and O–H groups in total. The lowest BCUT2D eigenvalue weighted by molar-refractivity contribution is 0.0690. The van der Waals surface area contributed by atoms with Gasteiger partial charge in [0, 0.05) is 31.9 Å². The van der Waals surface area contributed by atoms with Crippen LogP contribution in [0.3, 0.4) is 0 Å². The predicted octanol–water partition coefficient (Wildman–Crippen LogP) is 1.64. The lowest BCUT2D eigenvalue weighted by atomic mass is 10.2. The smallest absolute Gasteiger partial charge is 0.356 e. The summed E-state index contributed by atoms with van der Waals surface area (Å²) in [7, 11) is 0. The van der Waals surface area contributed by atoms with Crippen LogP contribution in [0.1, 0.15) is 10.5 Å². The number of aromatic nitrogens is 2. The third-order valence-electron chi connectivity index (χ3n) is 3.65. The number of benzene rings is 1. The van der Waals surface area contributed by atoms with E-state index in [0.717, 1.165) is 31.9 Å². The molecule has 0 atom stereocenters. The van der Waals surface area contributed by atoms with Gasteiger partial charge in [0.15, 0.2) is 5.69 Å². The molecule has 0 unspecified atom stereocenters. The van der Waals surface area contributed by atoms with Crippen LogP contribution in [0.4, 0.5) is 15.9 Å². The van der Waals surface area contributed by atoms with E-state index in [1.807, 2.05) is 0 Å². The van der Waals surface area contributed by atoms with E-state index in [4.69, 9.17) is 5.11 Å². The van der Waals surface area contributed by atoms with Crippen molar-refractivity contribution in [2.24, 2.45) is 0 Å². The summed E-state index contributed by atoms with van der Waals surface area (Å²) in [5.74, 6) is -0.653. The molecule has 2 heterocycles. The summed E-state index contributed by atoms with van der Waals surface area (Å²) >= 11 is 0. The van der Waals surface area contributed by atoms with E-state index in [9.17, 15) is 9.18 Å². The molecule has 0 radical (unpaired) electrons. The number of hydrogen-bond donors (Lipinski definition) is 1. The Kier molecular flexibility index (Phi) is 3.86. The Bertz CT molecular complexity index is 652. The van der Waals surface area contributed by atoms with Gasteiger partial charge in [-0.1, -0.05) is 0 Å². The van der Waals surface area contributed by atoms with Crippen molar-refractivity contribution in [2.75, 3.05) is 36.0 Å². The van der Waals surface area contributed by atoms with Gasteiger partial charge < -0.3 is 14.9 Å². The van der Waals surface area contributed by atoms with Gasteiger partial charge in [-0.05, 0) is 24.3 Å². The molecule has 0 amide bonds. The molecule has 1 aliphatic rings. The molecule has 22 heavy (non-hydrogen) atoms. The number of aromatic carboxylic acids is 1.